The third-order valence-electron chi connectivity index (χ3n) is 9.76. The van der Waals surface area contributed by atoms with Gasteiger partial charge in [-0.3, -0.25) is 23.2 Å². The molecule has 15 nitrogen and oxygen atoms in total. The first kappa shape index (κ1) is 58.3. The topological polar surface area (TPSA) is 236 Å². The summed E-state index contributed by atoms with van der Waals surface area (Å²) >= 11 is 0. The molecule has 0 amide bonds. The second kappa shape index (κ2) is 37.8. The van der Waals surface area contributed by atoms with Crippen molar-refractivity contribution in [2.75, 3.05) is 26.4 Å². The first-order chi connectivity index (χ1) is 28.6. The van der Waals surface area contributed by atoms with Crippen LogP contribution in [0.4, 0.5) is 0 Å². The van der Waals surface area contributed by atoms with Crippen LogP contribution in [0.1, 0.15) is 168 Å². The molecule has 0 spiro atoms. The molecular formula is C43H80O15P2. The van der Waals surface area contributed by atoms with Gasteiger partial charge in [0.15, 0.2) is 6.10 Å². The van der Waals surface area contributed by atoms with Crippen molar-refractivity contribution < 1.29 is 71.8 Å². The van der Waals surface area contributed by atoms with Crippen LogP contribution in [0.15, 0.2) is 36.5 Å². The van der Waals surface area contributed by atoms with E-state index >= 15 is 0 Å². The molecule has 352 valence electrons. The van der Waals surface area contributed by atoms with E-state index in [1.54, 1.807) is 6.08 Å². The monoisotopic (exact) mass is 898 g/mol. The van der Waals surface area contributed by atoms with Crippen molar-refractivity contribution >= 4 is 27.6 Å². The van der Waals surface area contributed by atoms with Gasteiger partial charge in [0.2, 0.25) is 0 Å². The fourth-order valence-corrected chi connectivity index (χ4v) is 6.99. The van der Waals surface area contributed by atoms with Gasteiger partial charge in [0.05, 0.1) is 32.0 Å². The number of ether oxygens (including phenoxy) is 2. The molecular weight excluding hydrogens is 818 g/mol. The van der Waals surface area contributed by atoms with Crippen LogP contribution < -0.4 is 0 Å². The van der Waals surface area contributed by atoms with E-state index in [4.69, 9.17) is 23.8 Å². The van der Waals surface area contributed by atoms with E-state index in [9.17, 15) is 38.9 Å². The van der Waals surface area contributed by atoms with E-state index in [1.165, 1.54) is 64.2 Å². The molecule has 4 unspecified atom stereocenters. The van der Waals surface area contributed by atoms with Crippen molar-refractivity contribution in [3.8, 4) is 0 Å². The van der Waals surface area contributed by atoms with Gasteiger partial charge in [0.1, 0.15) is 12.7 Å². The van der Waals surface area contributed by atoms with Gasteiger partial charge in [0, 0.05) is 12.8 Å². The number of unbranched alkanes of at least 4 members (excludes halogenated alkanes) is 12. The highest BCUT2D eigenvalue weighted by Crippen LogP contribution is 2.43. The molecule has 0 aromatic carbocycles. The molecule has 0 aliphatic rings. The maximum Gasteiger partial charge on any atom is 0.472 e. The van der Waals surface area contributed by atoms with Gasteiger partial charge in [0.25, 0.3) is 0 Å². The zero-order valence-electron chi connectivity index (χ0n) is 36.7. The van der Waals surface area contributed by atoms with Crippen LogP contribution in [-0.2, 0) is 41.8 Å². The molecule has 17 heteroatoms. The highest BCUT2D eigenvalue weighted by Gasteiger charge is 2.28. The molecule has 0 rings (SSSR count). The zero-order valence-corrected chi connectivity index (χ0v) is 38.5. The molecule has 6 atom stereocenters. The van der Waals surface area contributed by atoms with Crippen LogP contribution >= 0.6 is 15.6 Å². The van der Waals surface area contributed by atoms with Crippen LogP contribution in [0.2, 0.25) is 0 Å². The molecule has 0 saturated carbocycles. The molecule has 60 heavy (non-hydrogen) atoms. The largest absolute Gasteiger partial charge is 0.472 e. The summed E-state index contributed by atoms with van der Waals surface area (Å²) in [6.45, 7) is 3.72. The van der Waals surface area contributed by atoms with Crippen LogP contribution in [-0.4, -0.2) is 92.8 Å². The molecule has 0 aliphatic heterocycles. The Morgan fingerprint density at radius 3 is 1.75 bits per heavy atom. The van der Waals surface area contributed by atoms with Gasteiger partial charge in [-0.2, -0.15) is 0 Å². The number of allylic oxidation sites excluding steroid dienone is 5. The van der Waals surface area contributed by atoms with Crippen LogP contribution in [0.3, 0.4) is 0 Å². The zero-order chi connectivity index (χ0) is 44.9. The minimum Gasteiger partial charge on any atom is -0.462 e. The summed E-state index contributed by atoms with van der Waals surface area (Å²) < 4.78 is 47.6. The molecule has 0 aromatic rings. The van der Waals surface area contributed by atoms with Crippen molar-refractivity contribution in [1.29, 1.82) is 0 Å². The summed E-state index contributed by atoms with van der Waals surface area (Å²) in [5.41, 5.74) is 0. The smallest absolute Gasteiger partial charge is 0.462 e. The van der Waals surface area contributed by atoms with Gasteiger partial charge < -0.3 is 39.5 Å². The second-order valence-corrected chi connectivity index (χ2v) is 18.2. The summed E-state index contributed by atoms with van der Waals surface area (Å²) in [6, 6.07) is 0. The van der Waals surface area contributed by atoms with Gasteiger partial charge in [-0.15, -0.1) is 0 Å². The number of aliphatic hydroxyl groups excluding tert-OH is 3. The van der Waals surface area contributed by atoms with Gasteiger partial charge in [-0.05, 0) is 57.3 Å². The number of phosphoric acid groups is 2. The van der Waals surface area contributed by atoms with Crippen molar-refractivity contribution in [2.24, 2.45) is 5.92 Å². The van der Waals surface area contributed by atoms with Gasteiger partial charge in [-0.25, -0.2) is 9.13 Å². The first-order valence-electron chi connectivity index (χ1n) is 22.2. The molecule has 0 aliphatic carbocycles. The molecule has 0 radical (unpaired) electrons. The highest BCUT2D eigenvalue weighted by atomic mass is 31.2. The van der Waals surface area contributed by atoms with E-state index in [0.29, 0.717) is 12.8 Å². The average molecular weight is 899 g/mol. The van der Waals surface area contributed by atoms with Crippen molar-refractivity contribution in [3.63, 3.8) is 0 Å². The molecule has 0 bridgehead atoms. The van der Waals surface area contributed by atoms with Crippen molar-refractivity contribution in [3.05, 3.63) is 36.5 Å². The fraction of sp³-hybridized carbons (Fsp3) is 0.814. The third-order valence-corrected chi connectivity index (χ3v) is 11.2. The Labute approximate surface area is 360 Å². The maximum absolute atomic E-state index is 12.7. The van der Waals surface area contributed by atoms with Crippen LogP contribution in [0, 0.1) is 5.92 Å². The number of carbonyl (C=O) groups excluding carboxylic acids is 2. The average Bonchev–Trinajstić information content (AvgIpc) is 3.20. The van der Waals surface area contributed by atoms with E-state index in [2.05, 4.69) is 48.0 Å². The lowest BCUT2D eigenvalue weighted by molar-refractivity contribution is -0.161. The summed E-state index contributed by atoms with van der Waals surface area (Å²) in [5, 5.41) is 30.4. The number of phosphoric ester groups is 2. The lowest BCUT2D eigenvalue weighted by atomic mass is 9.99. The number of hydrogen-bond acceptors (Lipinski definition) is 12. The molecule has 0 fully saturated rings. The van der Waals surface area contributed by atoms with Gasteiger partial charge in [-0.1, -0.05) is 141 Å². The Morgan fingerprint density at radius 2 is 1.13 bits per heavy atom. The lowest BCUT2D eigenvalue weighted by Gasteiger charge is -2.20. The van der Waals surface area contributed by atoms with E-state index in [1.807, 2.05) is 12.2 Å². The predicted molar refractivity (Wildman–Crippen MR) is 233 cm³/mol. The molecule has 0 aromatic heterocycles. The van der Waals surface area contributed by atoms with Crippen LogP contribution in [0.5, 0.6) is 0 Å². The highest BCUT2D eigenvalue weighted by molar-refractivity contribution is 7.47. The Balaban J connectivity index is 4.74. The summed E-state index contributed by atoms with van der Waals surface area (Å²) in [6.07, 6.45) is 27.4. The summed E-state index contributed by atoms with van der Waals surface area (Å²) in [5.74, 6) is -0.512. The summed E-state index contributed by atoms with van der Waals surface area (Å²) in [7, 11) is -9.77. The second-order valence-electron chi connectivity index (χ2n) is 15.5. The van der Waals surface area contributed by atoms with E-state index < -0.39 is 78.4 Å². The Kier molecular flexibility index (Phi) is 36.7. The lowest BCUT2D eigenvalue weighted by Crippen LogP contribution is -2.30. The Bertz CT molecular complexity index is 1250. The molecule has 6 N–H and O–H groups in total. The number of carbonyl (C=O) groups is 2. The Hall–Kier alpha value is -1.74. The van der Waals surface area contributed by atoms with Crippen LogP contribution in [0.25, 0.3) is 0 Å². The fourth-order valence-electron chi connectivity index (χ4n) is 5.84. The number of hydrogen-bond donors (Lipinski definition) is 6. The molecule has 0 heterocycles. The standard InChI is InChI=1S/C43H80O15P2/c1-4-6-7-8-9-10-11-12-16-19-22-25-29-40(45)41(46)30-27-32-42(47)54-35-39(36-57-60(52,53)56-34-38(44)33-55-59(49,50)51)58-43(48)31-26-23-20-17-14-13-15-18-21-24-28-37(3)5-2/h9-10,12,16,22,25,37-41,44-46H,4-8,11,13-15,17-21,23-24,26-36H2,1-3H3,(H,52,53)(H2,49,50,51)/b10-9-,16-12-,25-22-/t37?,38-,39+,40?,41?/m0/s1. The SMILES string of the molecule is CCCCC/C=C\C/C=C\C/C=C\CC(O)C(O)CCCC(=O)OC[C@H](COP(=O)(O)OC[C@@H](O)COP(=O)(O)O)OC(=O)CCCCCCCCCCCCC(C)CC. The van der Waals surface area contributed by atoms with E-state index in [-0.39, 0.29) is 32.1 Å². The minimum atomic E-state index is -4.89. The summed E-state index contributed by atoms with van der Waals surface area (Å²) in [4.78, 5) is 52.7. The minimum absolute atomic E-state index is 0.0721. The molecule has 0 saturated heterocycles. The van der Waals surface area contributed by atoms with E-state index in [0.717, 1.165) is 44.4 Å². The van der Waals surface area contributed by atoms with Crippen molar-refractivity contribution in [2.45, 2.75) is 193 Å². The Morgan fingerprint density at radius 1 is 0.583 bits per heavy atom. The first-order valence-corrected chi connectivity index (χ1v) is 25.3. The normalized spacial score (nSPS) is 15.9. The maximum atomic E-state index is 12.7. The van der Waals surface area contributed by atoms with Gasteiger partial charge >= 0.3 is 27.6 Å². The number of esters is 2. The predicted octanol–water partition coefficient (Wildman–Crippen LogP) is 9.08. The third kappa shape index (κ3) is 39.1. The van der Waals surface area contributed by atoms with Crippen molar-refractivity contribution in [1.82, 2.24) is 0 Å². The number of aliphatic hydroxyl groups is 3. The quantitative estimate of drug-likeness (QED) is 0.0145. The number of rotatable bonds is 41.